The van der Waals surface area contributed by atoms with Gasteiger partial charge in [0.2, 0.25) is 6.79 Å². The minimum atomic E-state index is -1.23. The van der Waals surface area contributed by atoms with Crippen molar-refractivity contribution < 1.29 is 22.5 Å². The van der Waals surface area contributed by atoms with E-state index in [4.69, 9.17) is 13.9 Å². The number of fused-ring (bicyclic) bond motifs is 2. The van der Waals surface area contributed by atoms with E-state index in [9.17, 15) is 8.60 Å². The van der Waals surface area contributed by atoms with Crippen molar-refractivity contribution in [1.29, 1.82) is 0 Å². The second-order valence-corrected chi connectivity index (χ2v) is 6.78. The van der Waals surface area contributed by atoms with E-state index in [0.717, 1.165) is 5.39 Å². The Morgan fingerprint density at radius 1 is 1.13 bits per heavy atom. The van der Waals surface area contributed by atoms with Gasteiger partial charge in [0, 0.05) is 22.8 Å². The molecule has 0 amide bonds. The average Bonchev–Trinajstić information content (AvgIpc) is 3.16. The van der Waals surface area contributed by atoms with Crippen LogP contribution in [0.25, 0.3) is 22.3 Å². The zero-order valence-electron chi connectivity index (χ0n) is 12.3. The molecule has 2 aromatic carbocycles. The van der Waals surface area contributed by atoms with Crippen LogP contribution in [0.3, 0.4) is 0 Å². The fourth-order valence-electron chi connectivity index (χ4n) is 2.63. The van der Waals surface area contributed by atoms with Crippen LogP contribution in [0.5, 0.6) is 11.5 Å². The van der Waals surface area contributed by atoms with Crippen molar-refractivity contribution in [2.45, 2.75) is 11.8 Å². The van der Waals surface area contributed by atoms with Crippen LogP contribution >= 0.6 is 0 Å². The Morgan fingerprint density at radius 2 is 1.83 bits per heavy atom. The largest absolute Gasteiger partial charge is 0.455 e. The minimum absolute atomic E-state index is 0.166. The lowest BCUT2D eigenvalue weighted by Gasteiger charge is -2.02. The lowest BCUT2D eigenvalue weighted by Crippen LogP contribution is -1.95. The second-order valence-electron chi connectivity index (χ2n) is 5.10. The molecular weight excluding hydrogens is 319 g/mol. The first-order valence-electron chi connectivity index (χ1n) is 7.18. The Balaban J connectivity index is 1.99. The zero-order valence-corrected chi connectivity index (χ0v) is 13.1. The standard InChI is InChI=1S/C17H13FO4S/c1-2-23(19)17-12-7-14-15(21-9-20-14)8-13(12)22-16(17)10-3-5-11(18)6-4-10/h3-8H,2,9H2,1H3/t23-/m1/s1. The molecule has 2 heterocycles. The maximum atomic E-state index is 13.2. The summed E-state index contributed by atoms with van der Waals surface area (Å²) in [6, 6.07) is 9.47. The highest BCUT2D eigenvalue weighted by atomic mass is 32.2. The molecule has 0 radical (unpaired) electrons. The molecule has 23 heavy (non-hydrogen) atoms. The summed E-state index contributed by atoms with van der Waals surface area (Å²) in [7, 11) is -1.23. The Bertz CT molecular complexity index is 914. The van der Waals surface area contributed by atoms with E-state index in [1.807, 2.05) is 6.92 Å². The van der Waals surface area contributed by atoms with Crippen molar-refractivity contribution in [2.24, 2.45) is 0 Å². The molecule has 0 N–H and O–H groups in total. The van der Waals surface area contributed by atoms with E-state index in [1.165, 1.54) is 12.1 Å². The smallest absolute Gasteiger partial charge is 0.231 e. The summed E-state index contributed by atoms with van der Waals surface area (Å²) in [5.74, 6) is 1.83. The van der Waals surface area contributed by atoms with Crippen LogP contribution in [0.15, 0.2) is 45.7 Å². The Kier molecular flexibility index (Phi) is 3.34. The molecule has 4 rings (SSSR count). The molecule has 1 aliphatic rings. The summed E-state index contributed by atoms with van der Waals surface area (Å²) in [4.78, 5) is 0.604. The lowest BCUT2D eigenvalue weighted by atomic mass is 10.1. The molecule has 6 heteroatoms. The third kappa shape index (κ3) is 2.30. The van der Waals surface area contributed by atoms with Crippen LogP contribution in [-0.4, -0.2) is 16.8 Å². The van der Waals surface area contributed by atoms with Crippen molar-refractivity contribution in [3.63, 3.8) is 0 Å². The molecule has 1 aliphatic heterocycles. The van der Waals surface area contributed by atoms with Crippen LogP contribution in [0.1, 0.15) is 6.92 Å². The Hall–Kier alpha value is -2.34. The molecule has 0 unspecified atom stereocenters. The molecule has 1 aromatic heterocycles. The van der Waals surface area contributed by atoms with E-state index in [0.29, 0.717) is 39.1 Å². The van der Waals surface area contributed by atoms with Crippen LogP contribution < -0.4 is 9.47 Å². The van der Waals surface area contributed by atoms with Crippen molar-refractivity contribution >= 4 is 21.8 Å². The number of benzene rings is 2. The number of furan rings is 1. The predicted molar refractivity (Wildman–Crippen MR) is 84.7 cm³/mol. The highest BCUT2D eigenvalue weighted by Gasteiger charge is 2.24. The SMILES string of the molecule is CC[S@@](=O)c1c(-c2ccc(F)cc2)oc2cc3c(cc12)OCO3. The maximum Gasteiger partial charge on any atom is 0.231 e. The fraction of sp³-hybridized carbons (Fsp3) is 0.176. The van der Waals surface area contributed by atoms with E-state index < -0.39 is 10.8 Å². The van der Waals surface area contributed by atoms with E-state index in [-0.39, 0.29) is 12.6 Å². The van der Waals surface area contributed by atoms with Crippen molar-refractivity contribution in [2.75, 3.05) is 12.5 Å². The van der Waals surface area contributed by atoms with Gasteiger partial charge in [-0.2, -0.15) is 0 Å². The van der Waals surface area contributed by atoms with E-state index >= 15 is 0 Å². The molecule has 0 bridgehead atoms. The number of hydrogen-bond donors (Lipinski definition) is 0. The van der Waals surface area contributed by atoms with Gasteiger partial charge in [-0.3, -0.25) is 4.21 Å². The number of ether oxygens (including phenoxy) is 2. The van der Waals surface area contributed by atoms with E-state index in [1.54, 1.807) is 24.3 Å². The Morgan fingerprint density at radius 3 is 2.52 bits per heavy atom. The summed E-state index contributed by atoms with van der Waals surface area (Å²) in [5, 5.41) is 0.730. The van der Waals surface area contributed by atoms with Crippen molar-refractivity contribution in [3.05, 3.63) is 42.2 Å². The van der Waals surface area contributed by atoms with Gasteiger partial charge in [-0.05, 0) is 30.3 Å². The quantitative estimate of drug-likeness (QED) is 0.725. The molecule has 118 valence electrons. The number of halogens is 1. The van der Waals surface area contributed by atoms with Gasteiger partial charge < -0.3 is 13.9 Å². The van der Waals surface area contributed by atoms with Crippen LogP contribution in [0, 0.1) is 5.82 Å². The predicted octanol–water partition coefficient (Wildman–Crippen LogP) is 4.10. The van der Waals surface area contributed by atoms with Gasteiger partial charge in [0.05, 0.1) is 15.7 Å². The first kappa shape index (κ1) is 14.3. The van der Waals surface area contributed by atoms with Crippen molar-refractivity contribution in [3.8, 4) is 22.8 Å². The van der Waals surface area contributed by atoms with Crippen LogP contribution in [-0.2, 0) is 10.8 Å². The average molecular weight is 332 g/mol. The second kappa shape index (κ2) is 5.38. The number of hydrogen-bond acceptors (Lipinski definition) is 4. The van der Waals surface area contributed by atoms with Gasteiger partial charge in [-0.1, -0.05) is 6.92 Å². The zero-order chi connectivity index (χ0) is 16.0. The Labute approximate surface area is 134 Å². The molecule has 0 fully saturated rings. The summed E-state index contributed by atoms with van der Waals surface area (Å²) in [6.45, 7) is 2.01. The molecule has 0 spiro atoms. The van der Waals surface area contributed by atoms with Gasteiger partial charge in [-0.15, -0.1) is 0 Å². The topological polar surface area (TPSA) is 48.7 Å². The van der Waals surface area contributed by atoms with Gasteiger partial charge >= 0.3 is 0 Å². The third-order valence-corrected chi connectivity index (χ3v) is 5.12. The maximum absolute atomic E-state index is 13.2. The minimum Gasteiger partial charge on any atom is -0.455 e. The first-order chi connectivity index (χ1) is 11.2. The summed E-state index contributed by atoms with van der Waals surface area (Å²) >= 11 is 0. The molecule has 1 atom stereocenters. The highest BCUT2D eigenvalue weighted by molar-refractivity contribution is 7.85. The highest BCUT2D eigenvalue weighted by Crippen LogP contribution is 2.43. The molecule has 0 saturated heterocycles. The third-order valence-electron chi connectivity index (χ3n) is 3.73. The summed E-state index contributed by atoms with van der Waals surface area (Å²) in [6.07, 6.45) is 0. The monoisotopic (exact) mass is 332 g/mol. The summed E-state index contributed by atoms with van der Waals surface area (Å²) in [5.41, 5.74) is 1.26. The van der Waals surface area contributed by atoms with Gasteiger partial charge in [0.15, 0.2) is 17.3 Å². The molecule has 3 aromatic rings. The number of rotatable bonds is 3. The van der Waals surface area contributed by atoms with Crippen LogP contribution in [0.2, 0.25) is 0 Å². The van der Waals surface area contributed by atoms with Gasteiger partial charge in [-0.25, -0.2) is 4.39 Å². The molecule has 0 saturated carbocycles. The molecule has 0 aliphatic carbocycles. The normalized spacial score (nSPS) is 14.3. The molecule has 4 nitrogen and oxygen atoms in total. The van der Waals surface area contributed by atoms with Gasteiger partial charge in [0.1, 0.15) is 11.4 Å². The fourth-order valence-corrected chi connectivity index (χ4v) is 3.69. The van der Waals surface area contributed by atoms with Gasteiger partial charge in [0.25, 0.3) is 0 Å². The van der Waals surface area contributed by atoms with Crippen molar-refractivity contribution in [1.82, 2.24) is 0 Å². The van der Waals surface area contributed by atoms with Crippen LogP contribution in [0.4, 0.5) is 4.39 Å². The van der Waals surface area contributed by atoms with E-state index in [2.05, 4.69) is 0 Å². The first-order valence-corrected chi connectivity index (χ1v) is 8.49. The lowest BCUT2D eigenvalue weighted by molar-refractivity contribution is 0.174. The molecular formula is C17H13FO4S. The summed E-state index contributed by atoms with van der Waals surface area (Å²) < 4.78 is 42.4.